The molecule has 162 valence electrons. The number of nitrogens with zero attached hydrogens (tertiary/aromatic N) is 4. The summed E-state index contributed by atoms with van der Waals surface area (Å²) in [5.74, 6) is 2.90. The van der Waals surface area contributed by atoms with Crippen LogP contribution in [0.1, 0.15) is 30.7 Å². The lowest BCUT2D eigenvalue weighted by Gasteiger charge is -2.23. The van der Waals surface area contributed by atoms with Crippen LogP contribution in [-0.4, -0.2) is 35.0 Å². The number of urea groups is 1. The van der Waals surface area contributed by atoms with E-state index in [4.69, 9.17) is 9.47 Å². The second kappa shape index (κ2) is 9.51. The monoisotopic (exact) mass is 421 g/mol. The maximum Gasteiger partial charge on any atom is 0.329 e. The van der Waals surface area contributed by atoms with Crippen LogP contribution in [0.15, 0.2) is 48.5 Å². The Morgan fingerprint density at radius 1 is 1.03 bits per heavy atom. The van der Waals surface area contributed by atoms with Crippen molar-refractivity contribution in [3.05, 3.63) is 59.9 Å². The number of methoxy groups -OCH3 is 2. The second-order valence-electron chi connectivity index (χ2n) is 7.48. The second-order valence-corrected chi connectivity index (χ2v) is 7.48. The first-order valence-electron chi connectivity index (χ1n) is 10.5. The molecular formula is C23H27N5O3. The molecule has 2 heterocycles. The number of rotatable bonds is 6. The Labute approximate surface area is 181 Å². The first-order valence-corrected chi connectivity index (χ1v) is 10.5. The molecule has 0 fully saturated rings. The van der Waals surface area contributed by atoms with Crippen molar-refractivity contribution in [1.29, 1.82) is 0 Å². The quantitative estimate of drug-likeness (QED) is 0.643. The zero-order valence-electron chi connectivity index (χ0n) is 17.9. The van der Waals surface area contributed by atoms with Gasteiger partial charge in [0.2, 0.25) is 5.95 Å². The molecule has 0 radical (unpaired) electrons. The van der Waals surface area contributed by atoms with Crippen molar-refractivity contribution < 1.29 is 14.3 Å². The highest BCUT2D eigenvalue weighted by atomic mass is 16.5. The van der Waals surface area contributed by atoms with Gasteiger partial charge < -0.3 is 14.8 Å². The summed E-state index contributed by atoms with van der Waals surface area (Å²) in [6.07, 6.45) is 4.15. The van der Waals surface area contributed by atoms with Gasteiger partial charge in [0.25, 0.3) is 0 Å². The fourth-order valence-electron chi connectivity index (χ4n) is 3.75. The number of nitrogens with one attached hydrogen (secondary N) is 1. The molecule has 2 amide bonds. The largest absolute Gasteiger partial charge is 0.497 e. The van der Waals surface area contributed by atoms with E-state index in [0.717, 1.165) is 49.4 Å². The number of carbonyl (C=O) groups excluding carboxylic acids is 1. The Balaban J connectivity index is 1.66. The van der Waals surface area contributed by atoms with E-state index in [1.807, 2.05) is 42.5 Å². The zero-order valence-corrected chi connectivity index (χ0v) is 17.9. The summed E-state index contributed by atoms with van der Waals surface area (Å²) in [6, 6.07) is 14.7. The molecule has 2 aromatic carbocycles. The predicted molar refractivity (Wildman–Crippen MR) is 119 cm³/mol. The van der Waals surface area contributed by atoms with Crippen molar-refractivity contribution in [2.75, 3.05) is 24.4 Å². The molecule has 0 spiro atoms. The minimum atomic E-state index is -0.282. The number of hydrogen-bond acceptors (Lipinski definition) is 5. The van der Waals surface area contributed by atoms with Crippen LogP contribution in [-0.2, 0) is 19.5 Å². The highest BCUT2D eigenvalue weighted by Gasteiger charge is 2.25. The molecule has 8 nitrogen and oxygen atoms in total. The maximum atomic E-state index is 13.4. The van der Waals surface area contributed by atoms with E-state index in [9.17, 15) is 4.79 Å². The van der Waals surface area contributed by atoms with Gasteiger partial charge in [-0.3, -0.25) is 9.47 Å². The molecule has 1 aromatic heterocycles. The van der Waals surface area contributed by atoms with E-state index in [1.54, 1.807) is 25.2 Å². The Morgan fingerprint density at radius 2 is 1.81 bits per heavy atom. The van der Waals surface area contributed by atoms with Crippen molar-refractivity contribution in [1.82, 2.24) is 14.8 Å². The Morgan fingerprint density at radius 3 is 2.61 bits per heavy atom. The van der Waals surface area contributed by atoms with E-state index in [-0.39, 0.29) is 6.03 Å². The number of ether oxygens (including phenoxy) is 2. The van der Waals surface area contributed by atoms with Crippen LogP contribution in [0.2, 0.25) is 0 Å². The summed E-state index contributed by atoms with van der Waals surface area (Å²) in [4.78, 5) is 15.0. The topological polar surface area (TPSA) is 81.5 Å². The molecular weight excluding hydrogens is 394 g/mol. The van der Waals surface area contributed by atoms with Crippen LogP contribution in [0.5, 0.6) is 11.5 Å². The minimum Gasteiger partial charge on any atom is -0.497 e. The Hall–Kier alpha value is -3.55. The van der Waals surface area contributed by atoms with E-state index < -0.39 is 0 Å². The predicted octanol–water partition coefficient (Wildman–Crippen LogP) is 4.26. The normalized spacial score (nSPS) is 13.1. The van der Waals surface area contributed by atoms with Crippen LogP contribution < -0.4 is 19.7 Å². The SMILES string of the molecule is COc1cccc(CN(C(=O)Nc2cccc(OC)c2)c2nnc3n2CCCCC3)c1. The first kappa shape index (κ1) is 20.7. The van der Waals surface area contributed by atoms with Crippen LogP contribution in [0, 0.1) is 0 Å². The molecule has 0 aliphatic carbocycles. The van der Waals surface area contributed by atoms with Gasteiger partial charge in [-0.1, -0.05) is 24.6 Å². The highest BCUT2D eigenvalue weighted by Crippen LogP contribution is 2.24. The van der Waals surface area contributed by atoms with Crippen molar-refractivity contribution in [2.24, 2.45) is 0 Å². The number of aryl methyl sites for hydroxylation is 1. The average molecular weight is 422 g/mol. The Kier molecular flexibility index (Phi) is 6.35. The molecule has 0 bridgehead atoms. The van der Waals surface area contributed by atoms with Crippen LogP contribution in [0.25, 0.3) is 0 Å². The summed E-state index contributed by atoms with van der Waals surface area (Å²) in [5.41, 5.74) is 1.58. The highest BCUT2D eigenvalue weighted by molar-refractivity contribution is 6.00. The molecule has 1 N–H and O–H groups in total. The van der Waals surface area contributed by atoms with E-state index >= 15 is 0 Å². The summed E-state index contributed by atoms with van der Waals surface area (Å²) >= 11 is 0. The number of anilines is 2. The van der Waals surface area contributed by atoms with Gasteiger partial charge in [0, 0.05) is 24.7 Å². The molecule has 0 atom stereocenters. The number of fused-ring (bicyclic) bond motifs is 1. The molecule has 0 saturated heterocycles. The lowest BCUT2D eigenvalue weighted by atomic mass is 10.2. The van der Waals surface area contributed by atoms with Gasteiger partial charge in [-0.2, -0.15) is 0 Å². The molecule has 1 aliphatic heterocycles. The van der Waals surface area contributed by atoms with Crippen LogP contribution in [0.4, 0.5) is 16.4 Å². The van der Waals surface area contributed by atoms with E-state index in [1.165, 1.54) is 0 Å². The summed E-state index contributed by atoms with van der Waals surface area (Å²) in [7, 11) is 3.23. The summed E-state index contributed by atoms with van der Waals surface area (Å²) in [5, 5.41) is 11.7. The third-order valence-electron chi connectivity index (χ3n) is 5.37. The number of aromatic nitrogens is 3. The molecule has 3 aromatic rings. The molecule has 4 rings (SSSR count). The number of benzene rings is 2. The van der Waals surface area contributed by atoms with E-state index in [2.05, 4.69) is 20.1 Å². The van der Waals surface area contributed by atoms with Gasteiger partial charge in [-0.25, -0.2) is 4.79 Å². The van der Waals surface area contributed by atoms with Crippen molar-refractivity contribution in [3.8, 4) is 11.5 Å². The van der Waals surface area contributed by atoms with Crippen molar-refractivity contribution >= 4 is 17.7 Å². The maximum absolute atomic E-state index is 13.4. The third kappa shape index (κ3) is 4.79. The average Bonchev–Trinajstić information content (AvgIpc) is 3.04. The molecule has 0 saturated carbocycles. The van der Waals surface area contributed by atoms with Crippen molar-refractivity contribution in [3.63, 3.8) is 0 Å². The van der Waals surface area contributed by atoms with Gasteiger partial charge in [0.05, 0.1) is 20.8 Å². The number of carbonyl (C=O) groups is 1. The minimum absolute atomic E-state index is 0.282. The van der Waals surface area contributed by atoms with Crippen LogP contribution >= 0.6 is 0 Å². The smallest absolute Gasteiger partial charge is 0.329 e. The molecule has 31 heavy (non-hydrogen) atoms. The number of amides is 2. The zero-order chi connectivity index (χ0) is 21.6. The number of hydrogen-bond donors (Lipinski definition) is 1. The summed E-state index contributed by atoms with van der Waals surface area (Å²) in [6.45, 7) is 1.14. The van der Waals surface area contributed by atoms with Gasteiger partial charge in [-0.05, 0) is 42.7 Å². The summed E-state index contributed by atoms with van der Waals surface area (Å²) < 4.78 is 12.7. The van der Waals surface area contributed by atoms with E-state index in [0.29, 0.717) is 23.9 Å². The van der Waals surface area contributed by atoms with Crippen LogP contribution in [0.3, 0.4) is 0 Å². The molecule has 1 aliphatic rings. The van der Waals surface area contributed by atoms with Gasteiger partial charge in [-0.15, -0.1) is 10.2 Å². The lowest BCUT2D eigenvalue weighted by Crippen LogP contribution is -2.36. The first-order chi connectivity index (χ1) is 15.2. The van der Waals surface area contributed by atoms with Gasteiger partial charge in [0.15, 0.2) is 0 Å². The molecule has 8 heteroatoms. The fraction of sp³-hybridized carbons (Fsp3) is 0.348. The van der Waals surface area contributed by atoms with Crippen molar-refractivity contribution in [2.45, 2.75) is 38.8 Å². The van der Waals surface area contributed by atoms with Gasteiger partial charge >= 0.3 is 6.03 Å². The standard InChI is InChI=1S/C23H27N5O3/c1-30-19-10-6-8-17(14-19)16-28(22-26-25-21-12-4-3-5-13-27(21)22)23(29)24-18-9-7-11-20(15-18)31-2/h6-11,14-15H,3-5,12-13,16H2,1-2H3,(H,24,29). The lowest BCUT2D eigenvalue weighted by molar-refractivity contribution is 0.256. The molecule has 0 unspecified atom stereocenters. The third-order valence-corrected chi connectivity index (χ3v) is 5.37. The Bertz CT molecular complexity index is 1050. The fourth-order valence-corrected chi connectivity index (χ4v) is 3.75. The van der Waals surface area contributed by atoms with Gasteiger partial charge in [0.1, 0.15) is 17.3 Å².